The first-order chi connectivity index (χ1) is 16.6. The van der Waals surface area contributed by atoms with Gasteiger partial charge in [-0.05, 0) is 38.5 Å². The van der Waals surface area contributed by atoms with E-state index >= 15 is 0 Å². The highest BCUT2D eigenvalue weighted by molar-refractivity contribution is 5.83. The van der Waals surface area contributed by atoms with Gasteiger partial charge in [-0.2, -0.15) is 0 Å². The van der Waals surface area contributed by atoms with E-state index in [0.717, 1.165) is 5.56 Å². The summed E-state index contributed by atoms with van der Waals surface area (Å²) < 4.78 is 32.3. The Labute approximate surface area is 203 Å². The van der Waals surface area contributed by atoms with Gasteiger partial charge in [0.1, 0.15) is 22.9 Å². The molecule has 1 atom stereocenters. The molecule has 1 aromatic heterocycles. The number of hydrogen-bond donors (Lipinski definition) is 1. The minimum atomic E-state index is -0.940. The van der Waals surface area contributed by atoms with E-state index in [1.54, 1.807) is 51.1 Å². The number of fused-ring (bicyclic) bond motifs is 1. The molecule has 1 heterocycles. The van der Waals surface area contributed by atoms with Crippen LogP contribution in [0, 0.1) is 0 Å². The second-order valence-corrected chi connectivity index (χ2v) is 8.65. The number of aromatic nitrogens is 1. The minimum absolute atomic E-state index is 0.170. The first kappa shape index (κ1) is 25.7. The van der Waals surface area contributed by atoms with E-state index < -0.39 is 23.7 Å². The molecule has 2 aromatic carbocycles. The average Bonchev–Trinajstić information content (AvgIpc) is 3.24. The quantitative estimate of drug-likeness (QED) is 0.469. The lowest BCUT2D eigenvalue weighted by molar-refractivity contribution is -0.143. The van der Waals surface area contributed by atoms with E-state index in [-0.39, 0.29) is 6.42 Å². The number of esters is 1. The number of benzene rings is 2. The van der Waals surface area contributed by atoms with Crippen molar-refractivity contribution in [1.29, 1.82) is 0 Å². The van der Waals surface area contributed by atoms with Crippen LogP contribution >= 0.6 is 0 Å². The van der Waals surface area contributed by atoms with Gasteiger partial charge in [-0.1, -0.05) is 6.07 Å². The van der Waals surface area contributed by atoms with Crippen LogP contribution in [0.3, 0.4) is 0 Å². The van der Waals surface area contributed by atoms with E-state index in [0.29, 0.717) is 39.8 Å². The van der Waals surface area contributed by atoms with E-state index in [4.69, 9.17) is 28.1 Å². The highest BCUT2D eigenvalue weighted by Crippen LogP contribution is 2.40. The Hall–Kier alpha value is -3.95. The number of hydrogen-bond acceptors (Lipinski definition) is 9. The van der Waals surface area contributed by atoms with Crippen molar-refractivity contribution in [2.24, 2.45) is 0 Å². The molecule has 0 saturated heterocycles. The fourth-order valence-electron chi connectivity index (χ4n) is 3.43. The van der Waals surface area contributed by atoms with Crippen LogP contribution < -0.4 is 19.5 Å². The van der Waals surface area contributed by atoms with Crippen LogP contribution in [0.1, 0.15) is 26.3 Å². The predicted octanol–water partition coefficient (Wildman–Crippen LogP) is 4.13. The molecule has 0 spiro atoms. The van der Waals surface area contributed by atoms with E-state index in [2.05, 4.69) is 10.3 Å². The average molecular weight is 487 g/mol. The van der Waals surface area contributed by atoms with Crippen LogP contribution in [0.4, 0.5) is 4.79 Å². The van der Waals surface area contributed by atoms with Crippen molar-refractivity contribution in [3.8, 4) is 28.7 Å². The number of oxazole rings is 1. The lowest BCUT2D eigenvalue weighted by Crippen LogP contribution is -2.45. The van der Waals surface area contributed by atoms with E-state index in [1.807, 2.05) is 0 Å². The van der Waals surface area contributed by atoms with Crippen molar-refractivity contribution < 1.29 is 37.7 Å². The van der Waals surface area contributed by atoms with Gasteiger partial charge in [-0.3, -0.25) is 0 Å². The van der Waals surface area contributed by atoms with Crippen LogP contribution in [-0.4, -0.2) is 57.1 Å². The molecule has 3 rings (SSSR count). The summed E-state index contributed by atoms with van der Waals surface area (Å²) >= 11 is 0. The van der Waals surface area contributed by atoms with Gasteiger partial charge >= 0.3 is 12.1 Å². The zero-order chi connectivity index (χ0) is 25.8. The zero-order valence-electron chi connectivity index (χ0n) is 20.9. The number of carbonyl (C=O) groups is 2. The lowest BCUT2D eigenvalue weighted by Gasteiger charge is -2.22. The fraction of sp³-hybridized carbons (Fsp3) is 0.400. The number of carbonyl (C=O) groups excluding carboxylic acids is 2. The molecular weight excluding hydrogens is 456 g/mol. The highest BCUT2D eigenvalue weighted by Gasteiger charge is 2.26. The van der Waals surface area contributed by atoms with Gasteiger partial charge in [0.25, 0.3) is 0 Å². The van der Waals surface area contributed by atoms with Crippen LogP contribution in [-0.2, 0) is 20.7 Å². The Morgan fingerprint density at radius 2 is 1.63 bits per heavy atom. The SMILES string of the molecule is COC(=O)[C@H](Cc1ccc2oc(-c3cc(OC)c(OC)cc3OC)nc2c1)NC(=O)OC(C)(C)C. The molecule has 0 radical (unpaired) electrons. The fourth-order valence-corrected chi connectivity index (χ4v) is 3.43. The molecule has 0 saturated carbocycles. The molecule has 1 N–H and O–H groups in total. The number of nitrogens with one attached hydrogen (secondary N) is 1. The number of alkyl carbamates (subject to hydrolysis) is 1. The first-order valence-corrected chi connectivity index (χ1v) is 10.9. The predicted molar refractivity (Wildman–Crippen MR) is 128 cm³/mol. The van der Waals surface area contributed by atoms with Crippen LogP contribution in [0.15, 0.2) is 34.7 Å². The van der Waals surface area contributed by atoms with Crippen molar-refractivity contribution in [3.63, 3.8) is 0 Å². The second kappa shape index (κ2) is 10.5. The number of rotatable bonds is 8. The summed E-state index contributed by atoms with van der Waals surface area (Å²) in [7, 11) is 5.87. The molecular formula is C25H30N2O8. The maximum atomic E-state index is 12.3. The van der Waals surface area contributed by atoms with Crippen molar-refractivity contribution >= 4 is 23.2 Å². The van der Waals surface area contributed by atoms with Gasteiger partial charge < -0.3 is 33.4 Å². The summed E-state index contributed by atoms with van der Waals surface area (Å²) in [6, 6.07) is 7.79. The van der Waals surface area contributed by atoms with Crippen LogP contribution in [0.2, 0.25) is 0 Å². The molecule has 10 nitrogen and oxygen atoms in total. The second-order valence-electron chi connectivity index (χ2n) is 8.65. The van der Waals surface area contributed by atoms with Gasteiger partial charge in [-0.25, -0.2) is 14.6 Å². The van der Waals surface area contributed by atoms with Crippen LogP contribution in [0.5, 0.6) is 17.2 Å². The van der Waals surface area contributed by atoms with Gasteiger partial charge in [0.15, 0.2) is 17.1 Å². The van der Waals surface area contributed by atoms with Gasteiger partial charge in [-0.15, -0.1) is 0 Å². The third-order valence-corrected chi connectivity index (χ3v) is 5.00. The Balaban J connectivity index is 1.91. The molecule has 188 valence electrons. The van der Waals surface area contributed by atoms with Crippen molar-refractivity contribution in [2.45, 2.75) is 38.8 Å². The summed E-state index contributed by atoms with van der Waals surface area (Å²) in [6.45, 7) is 5.22. The van der Waals surface area contributed by atoms with Crippen molar-refractivity contribution in [3.05, 3.63) is 35.9 Å². The summed E-state index contributed by atoms with van der Waals surface area (Å²) in [5, 5.41) is 2.57. The zero-order valence-corrected chi connectivity index (χ0v) is 20.9. The maximum Gasteiger partial charge on any atom is 0.408 e. The monoisotopic (exact) mass is 486 g/mol. The first-order valence-electron chi connectivity index (χ1n) is 10.9. The molecule has 0 fully saturated rings. The number of methoxy groups -OCH3 is 4. The molecule has 0 bridgehead atoms. The topological polar surface area (TPSA) is 118 Å². The lowest BCUT2D eigenvalue weighted by atomic mass is 10.1. The van der Waals surface area contributed by atoms with Crippen molar-refractivity contribution in [2.75, 3.05) is 28.4 Å². The standard InChI is InChI=1S/C25H30N2O8/c1-25(2,3)35-24(29)27-17(23(28)33-7)11-14-8-9-18-16(10-14)26-22(34-18)15-12-20(31-5)21(32-6)13-19(15)30-4/h8-10,12-13,17H,11H2,1-7H3,(H,27,29)/t17-/m0/s1. The Morgan fingerprint density at radius 1 is 0.971 bits per heavy atom. The molecule has 10 heteroatoms. The summed E-state index contributed by atoms with van der Waals surface area (Å²) in [5.41, 5.74) is 1.72. The Kier molecular flexibility index (Phi) is 7.73. The van der Waals surface area contributed by atoms with Crippen LogP contribution in [0.25, 0.3) is 22.6 Å². The molecule has 1 amide bonds. The molecule has 35 heavy (non-hydrogen) atoms. The third kappa shape index (κ3) is 6.14. The van der Waals surface area contributed by atoms with Gasteiger partial charge in [0.05, 0.1) is 34.0 Å². The van der Waals surface area contributed by atoms with Crippen molar-refractivity contribution in [1.82, 2.24) is 10.3 Å². The third-order valence-electron chi connectivity index (χ3n) is 5.00. The summed E-state index contributed by atoms with van der Waals surface area (Å²) in [4.78, 5) is 29.1. The molecule has 0 aliphatic rings. The molecule has 0 aliphatic heterocycles. The number of amides is 1. The minimum Gasteiger partial charge on any atom is -0.496 e. The molecule has 0 aliphatic carbocycles. The van der Waals surface area contributed by atoms with Gasteiger partial charge in [0, 0.05) is 18.6 Å². The summed E-state index contributed by atoms with van der Waals surface area (Å²) in [6.07, 6.45) is -0.540. The molecule has 3 aromatic rings. The maximum absolute atomic E-state index is 12.3. The normalized spacial score (nSPS) is 12.1. The van der Waals surface area contributed by atoms with E-state index in [1.165, 1.54) is 28.4 Å². The number of ether oxygens (including phenoxy) is 5. The smallest absolute Gasteiger partial charge is 0.408 e. The van der Waals surface area contributed by atoms with E-state index in [9.17, 15) is 9.59 Å². The number of nitrogens with zero attached hydrogens (tertiary/aromatic N) is 1. The molecule has 0 unspecified atom stereocenters. The largest absolute Gasteiger partial charge is 0.496 e. The highest BCUT2D eigenvalue weighted by atomic mass is 16.6. The van der Waals surface area contributed by atoms with Gasteiger partial charge in [0.2, 0.25) is 5.89 Å². The Bertz CT molecular complexity index is 1210. The summed E-state index contributed by atoms with van der Waals surface area (Å²) in [5.74, 6) is 1.25. The Morgan fingerprint density at radius 3 is 2.23 bits per heavy atom.